The van der Waals surface area contributed by atoms with Gasteiger partial charge in [0.1, 0.15) is 6.54 Å². The van der Waals surface area contributed by atoms with Crippen molar-refractivity contribution in [2.75, 3.05) is 0 Å². The second-order valence-electron chi connectivity index (χ2n) is 6.41. The minimum atomic E-state index is -0.226. The van der Waals surface area contributed by atoms with Crippen molar-refractivity contribution in [3.8, 4) is 0 Å². The Morgan fingerprint density at radius 3 is 2.75 bits per heavy atom. The highest BCUT2D eigenvalue weighted by Crippen LogP contribution is 2.20. The molecular weight excluding hydrogens is 302 g/mol. The van der Waals surface area contributed by atoms with Gasteiger partial charge in [-0.3, -0.25) is 9.59 Å². The number of nitrogens with one attached hydrogen (secondary N) is 1. The number of carbonyl (C=O) groups is 1. The van der Waals surface area contributed by atoms with Gasteiger partial charge in [0, 0.05) is 11.4 Å². The lowest BCUT2D eigenvalue weighted by Crippen LogP contribution is -2.39. The Morgan fingerprint density at radius 2 is 2.04 bits per heavy atom. The summed E-state index contributed by atoms with van der Waals surface area (Å²) in [5.74, 6) is -0.182. The van der Waals surface area contributed by atoms with E-state index >= 15 is 0 Å². The Labute approximate surface area is 141 Å². The summed E-state index contributed by atoms with van der Waals surface area (Å²) in [4.78, 5) is 24.8. The third-order valence-electron chi connectivity index (χ3n) is 4.61. The molecule has 0 unspecified atom stereocenters. The van der Waals surface area contributed by atoms with Gasteiger partial charge in [0.05, 0.1) is 11.1 Å². The Bertz CT molecular complexity index is 851. The number of aryl methyl sites for hydroxylation is 1. The van der Waals surface area contributed by atoms with Crippen molar-refractivity contribution in [3.05, 3.63) is 52.0 Å². The first-order valence-corrected chi connectivity index (χ1v) is 8.51. The summed E-state index contributed by atoms with van der Waals surface area (Å²) in [6.45, 7) is 3.80. The smallest absolute Gasteiger partial charge is 0.275 e. The van der Waals surface area contributed by atoms with E-state index in [-0.39, 0.29) is 24.1 Å². The molecule has 0 aliphatic heterocycles. The number of nitrogens with zero attached hydrogens (tertiary/aromatic N) is 2. The SMILES string of the molecule is Cc1nn(CC(=O)N[C@H](C)C2=CCCCC2)c(=O)c2ccccc12. The molecule has 0 fully saturated rings. The van der Waals surface area contributed by atoms with Crippen LogP contribution < -0.4 is 10.9 Å². The van der Waals surface area contributed by atoms with Crippen molar-refractivity contribution < 1.29 is 4.79 Å². The van der Waals surface area contributed by atoms with Crippen LogP contribution in [0.5, 0.6) is 0 Å². The van der Waals surface area contributed by atoms with Crippen molar-refractivity contribution in [1.82, 2.24) is 15.1 Å². The van der Waals surface area contributed by atoms with E-state index in [1.54, 1.807) is 6.07 Å². The first-order chi connectivity index (χ1) is 11.6. The van der Waals surface area contributed by atoms with Crippen LogP contribution in [-0.2, 0) is 11.3 Å². The van der Waals surface area contributed by atoms with Crippen molar-refractivity contribution in [2.24, 2.45) is 0 Å². The predicted molar refractivity (Wildman–Crippen MR) is 94.9 cm³/mol. The average Bonchev–Trinajstić information content (AvgIpc) is 2.60. The molecule has 1 atom stereocenters. The van der Waals surface area contributed by atoms with Crippen molar-refractivity contribution in [3.63, 3.8) is 0 Å². The number of rotatable bonds is 4. The minimum absolute atomic E-state index is 0.00931. The van der Waals surface area contributed by atoms with Crippen molar-refractivity contribution >= 4 is 16.7 Å². The molecule has 1 heterocycles. The molecular formula is C19H23N3O2. The molecule has 5 nitrogen and oxygen atoms in total. The molecule has 0 radical (unpaired) electrons. The van der Waals surface area contributed by atoms with E-state index in [9.17, 15) is 9.59 Å². The van der Waals surface area contributed by atoms with E-state index in [1.807, 2.05) is 32.0 Å². The maximum atomic E-state index is 12.5. The zero-order valence-corrected chi connectivity index (χ0v) is 14.2. The Kier molecular flexibility index (Phi) is 4.79. The first-order valence-electron chi connectivity index (χ1n) is 8.51. The van der Waals surface area contributed by atoms with Gasteiger partial charge in [-0.2, -0.15) is 5.10 Å². The average molecular weight is 325 g/mol. The second-order valence-corrected chi connectivity index (χ2v) is 6.41. The highest BCUT2D eigenvalue weighted by atomic mass is 16.2. The number of allylic oxidation sites excluding steroid dienone is 1. The fourth-order valence-corrected chi connectivity index (χ4v) is 3.28. The summed E-state index contributed by atoms with van der Waals surface area (Å²) < 4.78 is 1.26. The molecule has 1 aromatic heterocycles. The van der Waals surface area contributed by atoms with E-state index in [1.165, 1.54) is 23.1 Å². The summed E-state index contributed by atoms with van der Waals surface area (Å²) in [6.07, 6.45) is 6.74. The summed E-state index contributed by atoms with van der Waals surface area (Å²) >= 11 is 0. The third kappa shape index (κ3) is 3.40. The summed E-state index contributed by atoms with van der Waals surface area (Å²) in [5.41, 5.74) is 1.81. The molecule has 1 N–H and O–H groups in total. The number of hydrogen-bond donors (Lipinski definition) is 1. The predicted octanol–water partition coefficient (Wildman–Crippen LogP) is 2.71. The normalized spacial score (nSPS) is 15.8. The van der Waals surface area contributed by atoms with Crippen LogP contribution in [0, 0.1) is 6.92 Å². The number of carbonyl (C=O) groups excluding carboxylic acids is 1. The lowest BCUT2D eigenvalue weighted by Gasteiger charge is -2.21. The standard InChI is InChI=1S/C19H23N3O2/c1-13(15-8-4-3-5-9-15)20-18(23)12-22-19(24)17-11-7-6-10-16(17)14(2)21-22/h6-8,10-11,13H,3-5,9,12H2,1-2H3,(H,20,23)/t13-/m1/s1. The molecule has 5 heteroatoms. The Hall–Kier alpha value is -2.43. The zero-order valence-electron chi connectivity index (χ0n) is 14.2. The van der Waals surface area contributed by atoms with Crippen LogP contribution in [0.25, 0.3) is 10.8 Å². The number of fused-ring (bicyclic) bond motifs is 1. The van der Waals surface area contributed by atoms with Gasteiger partial charge in [0.15, 0.2) is 0 Å². The van der Waals surface area contributed by atoms with Crippen molar-refractivity contribution in [1.29, 1.82) is 0 Å². The molecule has 0 saturated heterocycles. The molecule has 2 aromatic rings. The van der Waals surface area contributed by atoms with Crippen LogP contribution in [0.3, 0.4) is 0 Å². The van der Waals surface area contributed by atoms with E-state index in [0.29, 0.717) is 5.39 Å². The number of hydrogen-bond acceptors (Lipinski definition) is 3. The number of amides is 1. The zero-order chi connectivity index (χ0) is 17.1. The lowest BCUT2D eigenvalue weighted by molar-refractivity contribution is -0.122. The molecule has 3 rings (SSSR count). The highest BCUT2D eigenvalue weighted by Gasteiger charge is 2.16. The molecule has 1 aliphatic carbocycles. The Morgan fingerprint density at radius 1 is 1.29 bits per heavy atom. The summed E-state index contributed by atoms with van der Waals surface area (Å²) in [5, 5.41) is 8.71. The maximum Gasteiger partial charge on any atom is 0.275 e. The van der Waals surface area contributed by atoms with Crippen LogP contribution in [0.15, 0.2) is 40.7 Å². The van der Waals surface area contributed by atoms with Gasteiger partial charge in [-0.1, -0.05) is 29.8 Å². The van der Waals surface area contributed by atoms with E-state index in [2.05, 4.69) is 16.5 Å². The van der Waals surface area contributed by atoms with Gasteiger partial charge in [0.25, 0.3) is 5.56 Å². The molecule has 24 heavy (non-hydrogen) atoms. The summed E-state index contributed by atoms with van der Waals surface area (Å²) in [7, 11) is 0. The molecule has 126 valence electrons. The highest BCUT2D eigenvalue weighted by molar-refractivity contribution is 5.83. The number of benzene rings is 1. The van der Waals surface area contributed by atoms with Crippen LogP contribution in [0.4, 0.5) is 0 Å². The van der Waals surface area contributed by atoms with Gasteiger partial charge < -0.3 is 5.32 Å². The van der Waals surface area contributed by atoms with Crippen LogP contribution in [-0.4, -0.2) is 21.7 Å². The van der Waals surface area contributed by atoms with E-state index < -0.39 is 0 Å². The van der Waals surface area contributed by atoms with E-state index in [0.717, 1.165) is 23.9 Å². The van der Waals surface area contributed by atoms with Gasteiger partial charge in [-0.15, -0.1) is 0 Å². The largest absolute Gasteiger partial charge is 0.348 e. The van der Waals surface area contributed by atoms with Crippen LogP contribution >= 0.6 is 0 Å². The van der Waals surface area contributed by atoms with Crippen LogP contribution in [0.2, 0.25) is 0 Å². The molecule has 0 spiro atoms. The van der Waals surface area contributed by atoms with Gasteiger partial charge in [-0.05, 0) is 45.6 Å². The third-order valence-corrected chi connectivity index (χ3v) is 4.61. The monoisotopic (exact) mass is 325 g/mol. The molecule has 0 saturated carbocycles. The van der Waals surface area contributed by atoms with Crippen LogP contribution in [0.1, 0.15) is 38.3 Å². The molecule has 1 amide bonds. The molecule has 1 aliphatic rings. The quantitative estimate of drug-likeness (QED) is 0.879. The molecule has 0 bridgehead atoms. The minimum Gasteiger partial charge on any atom is -0.348 e. The fourth-order valence-electron chi connectivity index (χ4n) is 3.28. The van der Waals surface area contributed by atoms with Gasteiger partial charge in [-0.25, -0.2) is 4.68 Å². The van der Waals surface area contributed by atoms with Gasteiger partial charge in [0.2, 0.25) is 5.91 Å². The second kappa shape index (κ2) is 6.99. The lowest BCUT2D eigenvalue weighted by atomic mass is 9.95. The Balaban J connectivity index is 1.77. The van der Waals surface area contributed by atoms with E-state index in [4.69, 9.17) is 0 Å². The summed E-state index contributed by atoms with van der Waals surface area (Å²) in [6, 6.07) is 7.37. The number of aromatic nitrogens is 2. The van der Waals surface area contributed by atoms with Gasteiger partial charge >= 0.3 is 0 Å². The fraction of sp³-hybridized carbons (Fsp3) is 0.421. The topological polar surface area (TPSA) is 64.0 Å². The maximum absolute atomic E-state index is 12.5. The van der Waals surface area contributed by atoms with Crippen molar-refractivity contribution in [2.45, 2.75) is 52.1 Å². The first kappa shape index (κ1) is 16.4. The molecule has 1 aromatic carbocycles.